The van der Waals surface area contributed by atoms with Gasteiger partial charge in [-0.1, -0.05) is 11.2 Å². The molecule has 4 nitrogen and oxygen atoms in total. The monoisotopic (exact) mass is 348 g/mol. The smallest absolute Gasteiger partial charge is 0.258 e. The highest BCUT2D eigenvalue weighted by molar-refractivity contribution is 9.10. The first-order valence-electron chi connectivity index (χ1n) is 6.14. The van der Waals surface area contributed by atoms with E-state index in [1.807, 2.05) is 0 Å². The fourth-order valence-electron chi connectivity index (χ4n) is 1.84. The summed E-state index contributed by atoms with van der Waals surface area (Å²) < 4.78 is 18.7. The molecule has 0 saturated carbocycles. The van der Waals surface area contributed by atoms with E-state index in [1.165, 1.54) is 6.07 Å². The zero-order valence-electron chi connectivity index (χ0n) is 11.0. The molecule has 0 fully saturated rings. The van der Waals surface area contributed by atoms with Gasteiger partial charge in [0.15, 0.2) is 0 Å². The van der Waals surface area contributed by atoms with E-state index < -0.39 is 0 Å². The summed E-state index contributed by atoms with van der Waals surface area (Å²) in [5.74, 6) is 0.453. The zero-order chi connectivity index (χ0) is 15.0. The van der Waals surface area contributed by atoms with E-state index in [4.69, 9.17) is 4.52 Å². The summed E-state index contributed by atoms with van der Waals surface area (Å²) in [7, 11) is 0. The van der Waals surface area contributed by atoms with Crippen LogP contribution >= 0.6 is 15.9 Å². The van der Waals surface area contributed by atoms with Crippen LogP contribution in [0.2, 0.25) is 0 Å². The number of aromatic nitrogens is 2. The van der Waals surface area contributed by atoms with Crippen molar-refractivity contribution < 1.29 is 14.0 Å². The molecule has 3 aromatic rings. The molecule has 3 rings (SSSR count). The molecule has 0 spiro atoms. The number of phenols is 1. The maximum Gasteiger partial charge on any atom is 0.258 e. The lowest BCUT2D eigenvalue weighted by Crippen LogP contribution is -1.84. The van der Waals surface area contributed by atoms with Crippen LogP contribution in [0.1, 0.15) is 5.56 Å². The fourth-order valence-corrected chi connectivity index (χ4v) is 2.21. The minimum absolute atomic E-state index is 0.164. The predicted molar refractivity (Wildman–Crippen MR) is 79.2 cm³/mol. The minimum Gasteiger partial charge on any atom is -0.508 e. The van der Waals surface area contributed by atoms with Crippen molar-refractivity contribution in [2.75, 3.05) is 0 Å². The van der Waals surface area contributed by atoms with Crippen molar-refractivity contribution in [3.63, 3.8) is 0 Å². The summed E-state index contributed by atoms with van der Waals surface area (Å²) in [6.07, 6.45) is 0. The molecule has 0 aliphatic carbocycles. The molecule has 0 aliphatic heterocycles. The summed E-state index contributed by atoms with van der Waals surface area (Å²) in [5, 5.41) is 13.6. The van der Waals surface area contributed by atoms with Gasteiger partial charge in [-0.05, 0) is 58.7 Å². The van der Waals surface area contributed by atoms with Crippen LogP contribution in [0.4, 0.5) is 4.39 Å². The average molecular weight is 349 g/mol. The highest BCUT2D eigenvalue weighted by Crippen LogP contribution is 2.28. The molecule has 0 saturated heterocycles. The third-order valence-corrected chi connectivity index (χ3v) is 3.67. The lowest BCUT2D eigenvalue weighted by Gasteiger charge is -1.99. The topological polar surface area (TPSA) is 59.2 Å². The number of benzene rings is 2. The first-order chi connectivity index (χ1) is 10.0. The SMILES string of the molecule is Cc1ccc(-c2nc(-c3ccc(F)c(Br)c3)no2)cc1O. The van der Waals surface area contributed by atoms with Crippen LogP contribution in [0.3, 0.4) is 0 Å². The Morgan fingerprint density at radius 2 is 1.90 bits per heavy atom. The Balaban J connectivity index is 1.99. The van der Waals surface area contributed by atoms with Crippen molar-refractivity contribution in [2.24, 2.45) is 0 Å². The number of hydrogen-bond donors (Lipinski definition) is 1. The standard InChI is InChI=1S/C15H10BrFN2O2/c1-8-2-3-10(7-13(8)20)15-18-14(19-21-15)9-4-5-12(17)11(16)6-9/h2-7,20H,1H3. The Morgan fingerprint density at radius 3 is 2.62 bits per heavy atom. The highest BCUT2D eigenvalue weighted by Gasteiger charge is 2.13. The van der Waals surface area contributed by atoms with Crippen molar-refractivity contribution in [3.05, 3.63) is 52.3 Å². The maximum atomic E-state index is 13.2. The number of phenolic OH excluding ortho intramolecular Hbond substituents is 1. The first-order valence-corrected chi connectivity index (χ1v) is 6.93. The van der Waals surface area contributed by atoms with Gasteiger partial charge in [-0.2, -0.15) is 4.98 Å². The van der Waals surface area contributed by atoms with Crippen molar-refractivity contribution in [2.45, 2.75) is 6.92 Å². The number of aromatic hydroxyl groups is 1. The van der Waals surface area contributed by atoms with Crippen LogP contribution in [0.5, 0.6) is 5.75 Å². The molecule has 1 N–H and O–H groups in total. The molecule has 0 aliphatic rings. The van der Waals surface area contributed by atoms with Crippen LogP contribution in [-0.2, 0) is 0 Å². The van der Waals surface area contributed by atoms with Gasteiger partial charge in [0.2, 0.25) is 5.82 Å². The van der Waals surface area contributed by atoms with Crippen molar-refractivity contribution in [1.29, 1.82) is 0 Å². The van der Waals surface area contributed by atoms with Crippen molar-refractivity contribution in [1.82, 2.24) is 10.1 Å². The van der Waals surface area contributed by atoms with Gasteiger partial charge >= 0.3 is 0 Å². The minimum atomic E-state index is -0.356. The molecule has 6 heteroatoms. The number of aryl methyl sites for hydroxylation is 1. The fraction of sp³-hybridized carbons (Fsp3) is 0.0667. The second-order valence-electron chi connectivity index (χ2n) is 4.55. The van der Waals surface area contributed by atoms with Gasteiger partial charge in [0, 0.05) is 11.1 Å². The normalized spacial score (nSPS) is 10.8. The Morgan fingerprint density at radius 1 is 1.14 bits per heavy atom. The van der Waals surface area contributed by atoms with Crippen LogP contribution in [-0.4, -0.2) is 15.2 Å². The van der Waals surface area contributed by atoms with Gasteiger partial charge in [0.1, 0.15) is 11.6 Å². The molecular formula is C15H10BrFN2O2. The van der Waals surface area contributed by atoms with E-state index in [0.717, 1.165) is 5.56 Å². The maximum absolute atomic E-state index is 13.2. The third kappa shape index (κ3) is 2.67. The number of hydrogen-bond acceptors (Lipinski definition) is 4. The molecule has 1 heterocycles. The second kappa shape index (κ2) is 5.29. The van der Waals surface area contributed by atoms with Gasteiger partial charge in [-0.15, -0.1) is 0 Å². The molecule has 106 valence electrons. The lowest BCUT2D eigenvalue weighted by molar-refractivity contribution is 0.431. The third-order valence-electron chi connectivity index (χ3n) is 3.06. The lowest BCUT2D eigenvalue weighted by atomic mass is 10.1. The zero-order valence-corrected chi connectivity index (χ0v) is 12.6. The van der Waals surface area contributed by atoms with Gasteiger partial charge < -0.3 is 9.63 Å². The van der Waals surface area contributed by atoms with Crippen LogP contribution in [0.15, 0.2) is 45.4 Å². The molecule has 2 aromatic carbocycles. The van der Waals surface area contributed by atoms with E-state index in [1.54, 1.807) is 37.3 Å². The molecular weight excluding hydrogens is 339 g/mol. The molecule has 0 amide bonds. The van der Waals surface area contributed by atoms with Gasteiger partial charge in [0.25, 0.3) is 5.89 Å². The van der Waals surface area contributed by atoms with Gasteiger partial charge in [-0.3, -0.25) is 0 Å². The number of rotatable bonds is 2. The van der Waals surface area contributed by atoms with Gasteiger partial charge in [-0.25, -0.2) is 4.39 Å². The Bertz CT molecular complexity index is 751. The van der Waals surface area contributed by atoms with E-state index in [2.05, 4.69) is 26.1 Å². The van der Waals surface area contributed by atoms with Crippen LogP contribution in [0.25, 0.3) is 22.8 Å². The summed E-state index contributed by atoms with van der Waals surface area (Å²) in [5.41, 5.74) is 2.02. The molecule has 0 atom stereocenters. The summed E-state index contributed by atoms with van der Waals surface area (Å²) >= 11 is 3.12. The van der Waals surface area contributed by atoms with Gasteiger partial charge in [0.05, 0.1) is 4.47 Å². The van der Waals surface area contributed by atoms with E-state index >= 15 is 0 Å². The van der Waals surface area contributed by atoms with E-state index in [9.17, 15) is 9.50 Å². The van der Waals surface area contributed by atoms with Crippen LogP contribution < -0.4 is 0 Å². The second-order valence-corrected chi connectivity index (χ2v) is 5.41. The first kappa shape index (κ1) is 13.8. The molecule has 1 aromatic heterocycles. The predicted octanol–water partition coefficient (Wildman–Crippen LogP) is 4.32. The molecule has 0 radical (unpaired) electrons. The van der Waals surface area contributed by atoms with Crippen LogP contribution in [0, 0.1) is 12.7 Å². The number of halogens is 2. The average Bonchev–Trinajstić information content (AvgIpc) is 2.94. The van der Waals surface area contributed by atoms with E-state index in [0.29, 0.717) is 27.3 Å². The summed E-state index contributed by atoms with van der Waals surface area (Å²) in [6, 6.07) is 9.59. The molecule has 0 unspecified atom stereocenters. The Kier molecular flexibility index (Phi) is 3.47. The summed E-state index contributed by atoms with van der Waals surface area (Å²) in [6.45, 7) is 1.80. The molecule has 21 heavy (non-hydrogen) atoms. The van der Waals surface area contributed by atoms with Crippen molar-refractivity contribution in [3.8, 4) is 28.6 Å². The molecule has 0 bridgehead atoms. The quantitative estimate of drug-likeness (QED) is 0.749. The number of nitrogens with zero attached hydrogens (tertiary/aromatic N) is 2. The summed E-state index contributed by atoms with van der Waals surface area (Å²) in [4.78, 5) is 4.26. The Hall–Kier alpha value is -2.21. The van der Waals surface area contributed by atoms with E-state index in [-0.39, 0.29) is 11.6 Å². The Labute approximate surface area is 128 Å². The largest absolute Gasteiger partial charge is 0.508 e. The highest BCUT2D eigenvalue weighted by atomic mass is 79.9. The van der Waals surface area contributed by atoms with Crippen molar-refractivity contribution >= 4 is 15.9 Å².